The van der Waals surface area contributed by atoms with Crippen molar-refractivity contribution in [1.29, 1.82) is 0 Å². The molecule has 0 fully saturated rings. The van der Waals surface area contributed by atoms with E-state index < -0.39 is 24.0 Å². The van der Waals surface area contributed by atoms with Crippen molar-refractivity contribution in [2.75, 3.05) is 0 Å². The van der Waals surface area contributed by atoms with Crippen molar-refractivity contribution in [2.45, 2.75) is 24.9 Å². The van der Waals surface area contributed by atoms with E-state index >= 15 is 0 Å². The Morgan fingerprint density at radius 2 is 1.42 bits per heavy atom. The Morgan fingerprint density at radius 1 is 0.875 bits per heavy atom. The number of hydrogen-bond donors (Lipinski definition) is 4. The van der Waals surface area contributed by atoms with Gasteiger partial charge in [0.2, 0.25) is 0 Å². The van der Waals surface area contributed by atoms with Gasteiger partial charge in [-0.1, -0.05) is 6.07 Å². The smallest absolute Gasteiger partial charge is 0.320 e. The molecule has 0 saturated carbocycles. The number of nitrogens with two attached hydrogens (primary N) is 2. The fourth-order valence-corrected chi connectivity index (χ4v) is 1.72. The number of aliphatic carboxylic acids is 2. The molecule has 0 spiro atoms. The van der Waals surface area contributed by atoms with Crippen LogP contribution in [0.5, 0.6) is 0 Å². The first kappa shape index (κ1) is 19.2. The molecule has 0 aliphatic rings. The predicted molar refractivity (Wildman–Crippen MR) is 87.1 cm³/mol. The van der Waals surface area contributed by atoms with Gasteiger partial charge in [-0.2, -0.15) is 0 Å². The lowest BCUT2D eigenvalue weighted by molar-refractivity contribution is -0.139. The van der Waals surface area contributed by atoms with Gasteiger partial charge in [0.1, 0.15) is 12.1 Å². The highest BCUT2D eigenvalue weighted by Gasteiger charge is 2.11. The lowest BCUT2D eigenvalue weighted by Gasteiger charge is -2.04. The highest BCUT2D eigenvalue weighted by Crippen LogP contribution is 2.00. The van der Waals surface area contributed by atoms with E-state index in [1.165, 1.54) is 0 Å². The van der Waals surface area contributed by atoms with Crippen molar-refractivity contribution >= 4 is 11.9 Å². The second-order valence-corrected chi connectivity index (χ2v) is 5.01. The van der Waals surface area contributed by atoms with Gasteiger partial charge in [-0.25, -0.2) is 0 Å². The molecule has 24 heavy (non-hydrogen) atoms. The third-order valence-electron chi connectivity index (χ3n) is 3.02. The molecule has 0 aromatic carbocycles. The molecule has 0 saturated heterocycles. The lowest BCUT2D eigenvalue weighted by atomic mass is 10.1. The minimum absolute atomic E-state index is 0.323. The van der Waals surface area contributed by atoms with Crippen LogP contribution in [-0.2, 0) is 22.4 Å². The van der Waals surface area contributed by atoms with E-state index in [2.05, 4.69) is 9.97 Å². The van der Waals surface area contributed by atoms with Gasteiger partial charge in [0.25, 0.3) is 0 Å². The molecule has 8 heteroatoms. The van der Waals surface area contributed by atoms with E-state index in [4.69, 9.17) is 21.7 Å². The summed E-state index contributed by atoms with van der Waals surface area (Å²) in [5.41, 5.74) is 12.4. The monoisotopic (exact) mass is 332 g/mol. The summed E-state index contributed by atoms with van der Waals surface area (Å²) in [6.07, 6.45) is 7.15. The van der Waals surface area contributed by atoms with E-state index in [0.29, 0.717) is 12.8 Å². The first-order valence-corrected chi connectivity index (χ1v) is 7.14. The summed E-state index contributed by atoms with van der Waals surface area (Å²) in [7, 11) is 0. The summed E-state index contributed by atoms with van der Waals surface area (Å²) in [5.74, 6) is -1.97. The Morgan fingerprint density at radius 3 is 1.88 bits per heavy atom. The Hall–Kier alpha value is -2.84. The molecule has 2 heterocycles. The van der Waals surface area contributed by atoms with Crippen LogP contribution in [0.1, 0.15) is 11.1 Å². The molecule has 2 aromatic rings. The highest BCUT2D eigenvalue weighted by atomic mass is 16.4. The minimum Gasteiger partial charge on any atom is -0.480 e. The van der Waals surface area contributed by atoms with Gasteiger partial charge in [-0.3, -0.25) is 19.6 Å². The number of carbonyl (C=O) groups is 2. The number of nitrogens with zero attached hydrogens (tertiary/aromatic N) is 2. The normalized spacial score (nSPS) is 12.4. The molecule has 8 nitrogen and oxygen atoms in total. The topological polar surface area (TPSA) is 152 Å². The largest absolute Gasteiger partial charge is 0.480 e. The van der Waals surface area contributed by atoms with Crippen molar-refractivity contribution in [3.63, 3.8) is 0 Å². The molecular weight excluding hydrogens is 312 g/mol. The van der Waals surface area contributed by atoms with Crippen LogP contribution in [0.15, 0.2) is 49.1 Å². The van der Waals surface area contributed by atoms with Gasteiger partial charge in [0.05, 0.1) is 0 Å². The third kappa shape index (κ3) is 7.43. The first-order valence-electron chi connectivity index (χ1n) is 7.14. The summed E-state index contributed by atoms with van der Waals surface area (Å²) in [6, 6.07) is 5.40. The summed E-state index contributed by atoms with van der Waals surface area (Å²) in [5, 5.41) is 17.0. The van der Waals surface area contributed by atoms with Crippen LogP contribution in [0.4, 0.5) is 0 Å². The molecule has 0 aliphatic carbocycles. The maximum absolute atomic E-state index is 10.4. The zero-order valence-electron chi connectivity index (χ0n) is 12.9. The Balaban J connectivity index is 0.000000240. The van der Waals surface area contributed by atoms with E-state index in [1.807, 2.05) is 0 Å². The van der Waals surface area contributed by atoms with Gasteiger partial charge in [-0.15, -0.1) is 0 Å². The van der Waals surface area contributed by atoms with Crippen molar-refractivity contribution < 1.29 is 19.8 Å². The highest BCUT2D eigenvalue weighted by molar-refractivity contribution is 5.73. The zero-order chi connectivity index (χ0) is 17.9. The first-order chi connectivity index (χ1) is 11.4. The second kappa shape index (κ2) is 10.0. The molecular formula is C16H20N4O4. The zero-order valence-corrected chi connectivity index (χ0v) is 12.9. The maximum Gasteiger partial charge on any atom is 0.320 e. The Kier molecular flexibility index (Phi) is 8.03. The Labute approximate surface area is 139 Å². The molecule has 0 bridgehead atoms. The van der Waals surface area contributed by atoms with Gasteiger partial charge in [0, 0.05) is 24.8 Å². The summed E-state index contributed by atoms with van der Waals surface area (Å²) in [6.45, 7) is 0. The number of carboxylic acids is 2. The molecule has 2 rings (SSSR count). The van der Waals surface area contributed by atoms with Crippen LogP contribution in [0.2, 0.25) is 0 Å². The quantitative estimate of drug-likeness (QED) is 0.580. The van der Waals surface area contributed by atoms with Gasteiger partial charge in [0.15, 0.2) is 0 Å². The standard InChI is InChI=1S/2C8H10N2O2/c9-7(8(11)12)5-6-1-3-10-4-2-6;9-7(8(11)12)4-6-2-1-3-10-5-6/h1-4,7H,5,9H2,(H,11,12);1-3,5,7H,4,9H2,(H,11,12)/t2*7-/m00/s1. The van der Waals surface area contributed by atoms with Crippen molar-refractivity contribution in [2.24, 2.45) is 11.5 Å². The molecule has 2 atom stereocenters. The van der Waals surface area contributed by atoms with Crippen LogP contribution in [-0.4, -0.2) is 44.2 Å². The second-order valence-electron chi connectivity index (χ2n) is 5.01. The third-order valence-corrected chi connectivity index (χ3v) is 3.02. The van der Waals surface area contributed by atoms with E-state index in [9.17, 15) is 9.59 Å². The summed E-state index contributed by atoms with van der Waals surface area (Å²) >= 11 is 0. The van der Waals surface area contributed by atoms with Crippen LogP contribution < -0.4 is 11.5 Å². The van der Waals surface area contributed by atoms with E-state index in [-0.39, 0.29) is 0 Å². The van der Waals surface area contributed by atoms with Crippen LogP contribution in [0.25, 0.3) is 0 Å². The summed E-state index contributed by atoms with van der Waals surface area (Å²) < 4.78 is 0. The number of carboxylic acid groups (broad SMARTS) is 2. The number of pyridine rings is 2. The van der Waals surface area contributed by atoms with Gasteiger partial charge >= 0.3 is 11.9 Å². The van der Waals surface area contributed by atoms with Crippen molar-refractivity contribution in [3.8, 4) is 0 Å². The molecule has 2 aromatic heterocycles. The molecule has 0 unspecified atom stereocenters. The average molecular weight is 332 g/mol. The van der Waals surface area contributed by atoms with Crippen LogP contribution >= 0.6 is 0 Å². The lowest BCUT2D eigenvalue weighted by Crippen LogP contribution is -2.32. The Bertz CT molecular complexity index is 580. The van der Waals surface area contributed by atoms with Gasteiger partial charge < -0.3 is 21.7 Å². The van der Waals surface area contributed by atoms with E-state index in [0.717, 1.165) is 11.1 Å². The maximum atomic E-state index is 10.4. The number of rotatable bonds is 6. The molecule has 0 amide bonds. The van der Waals surface area contributed by atoms with Gasteiger partial charge in [-0.05, 0) is 42.2 Å². The predicted octanol–water partition coefficient (Wildman–Crippen LogP) is 0.0720. The SMILES string of the molecule is N[C@@H](Cc1cccnc1)C(=O)O.N[C@@H](Cc1ccncc1)C(=O)O. The summed E-state index contributed by atoms with van der Waals surface area (Å²) in [4.78, 5) is 28.4. The molecule has 6 N–H and O–H groups in total. The van der Waals surface area contributed by atoms with E-state index in [1.54, 1.807) is 49.1 Å². The minimum atomic E-state index is -0.987. The fraction of sp³-hybridized carbons (Fsp3) is 0.250. The van der Waals surface area contributed by atoms with Crippen molar-refractivity contribution in [3.05, 3.63) is 60.2 Å². The fourth-order valence-electron chi connectivity index (χ4n) is 1.72. The average Bonchev–Trinajstić information content (AvgIpc) is 2.57. The molecule has 0 radical (unpaired) electrons. The number of hydrogen-bond acceptors (Lipinski definition) is 6. The van der Waals surface area contributed by atoms with Crippen molar-refractivity contribution in [1.82, 2.24) is 9.97 Å². The number of aromatic nitrogens is 2. The molecule has 0 aliphatic heterocycles. The molecule has 128 valence electrons. The van der Waals surface area contributed by atoms with Crippen LogP contribution in [0.3, 0.4) is 0 Å². The van der Waals surface area contributed by atoms with Crippen LogP contribution in [0, 0.1) is 0 Å².